The molecule has 192 valence electrons. The van der Waals surface area contributed by atoms with Crippen LogP contribution in [0.3, 0.4) is 0 Å². The lowest BCUT2D eigenvalue weighted by atomic mass is 9.99. The lowest BCUT2D eigenvalue weighted by molar-refractivity contribution is 0.0343. The highest BCUT2D eigenvalue weighted by Crippen LogP contribution is 2.38. The standard InChI is InChI=1S/C27H29FN6O3/c1-15-13-32-34-16(2)25(15)17(3)37-23-10-20(26(30)19-9-18(12-29)27(28)31-14-19)21(11-22(23)35-4)33-24-7-5-6-8-36-24/h9-11,13-14,17,24,30,33H,5-8H2,1-4H3/t17-,24?/m1/s1. The van der Waals surface area contributed by atoms with Crippen LogP contribution in [0.25, 0.3) is 0 Å². The van der Waals surface area contributed by atoms with Gasteiger partial charge in [0, 0.05) is 41.2 Å². The van der Waals surface area contributed by atoms with Crippen LogP contribution in [0.5, 0.6) is 11.5 Å². The van der Waals surface area contributed by atoms with Gasteiger partial charge >= 0.3 is 0 Å². The lowest BCUT2D eigenvalue weighted by Crippen LogP contribution is -2.28. The minimum Gasteiger partial charge on any atom is -0.493 e. The normalized spacial score (nSPS) is 15.9. The Morgan fingerprint density at radius 2 is 2.05 bits per heavy atom. The van der Waals surface area contributed by atoms with Crippen molar-refractivity contribution in [1.29, 1.82) is 10.7 Å². The summed E-state index contributed by atoms with van der Waals surface area (Å²) in [7, 11) is 1.55. The second-order valence-corrected chi connectivity index (χ2v) is 8.88. The molecule has 2 N–H and O–H groups in total. The second-order valence-electron chi connectivity index (χ2n) is 8.88. The number of hydrogen-bond donors (Lipinski definition) is 2. The summed E-state index contributed by atoms with van der Waals surface area (Å²) in [5, 5.41) is 29.7. The third-order valence-electron chi connectivity index (χ3n) is 6.30. The largest absolute Gasteiger partial charge is 0.493 e. The van der Waals surface area contributed by atoms with Crippen molar-refractivity contribution in [2.75, 3.05) is 19.0 Å². The van der Waals surface area contributed by atoms with Crippen LogP contribution in [0.1, 0.15) is 65.8 Å². The molecule has 3 aromatic rings. The molecule has 2 aromatic heterocycles. The number of methoxy groups -OCH3 is 1. The van der Waals surface area contributed by atoms with Crippen molar-refractivity contribution in [2.45, 2.75) is 52.4 Å². The van der Waals surface area contributed by atoms with Crippen LogP contribution in [0, 0.1) is 36.5 Å². The van der Waals surface area contributed by atoms with Gasteiger partial charge in [-0.2, -0.15) is 19.8 Å². The Hall–Kier alpha value is -4.10. The molecular weight excluding hydrogens is 475 g/mol. The maximum Gasteiger partial charge on any atom is 0.230 e. The summed E-state index contributed by atoms with van der Waals surface area (Å²) in [5.74, 6) is 0.00214. The molecule has 1 unspecified atom stereocenters. The number of aryl methyl sites for hydroxylation is 2. The lowest BCUT2D eigenvalue weighted by Gasteiger charge is -2.27. The molecule has 0 amide bonds. The molecule has 9 nitrogen and oxygen atoms in total. The number of halogens is 1. The third-order valence-corrected chi connectivity index (χ3v) is 6.30. The second kappa shape index (κ2) is 11.3. The van der Waals surface area contributed by atoms with Crippen LogP contribution < -0.4 is 14.8 Å². The molecule has 4 rings (SSSR count). The van der Waals surface area contributed by atoms with E-state index in [-0.39, 0.29) is 23.6 Å². The fourth-order valence-corrected chi connectivity index (χ4v) is 4.46. The van der Waals surface area contributed by atoms with E-state index < -0.39 is 5.95 Å². The molecule has 37 heavy (non-hydrogen) atoms. The van der Waals surface area contributed by atoms with E-state index in [1.807, 2.05) is 20.8 Å². The summed E-state index contributed by atoms with van der Waals surface area (Å²) in [6, 6.07) is 6.56. The molecule has 1 aromatic carbocycles. The Kier molecular flexibility index (Phi) is 7.94. The molecule has 3 heterocycles. The number of ether oxygens (including phenoxy) is 3. The van der Waals surface area contributed by atoms with E-state index in [1.165, 1.54) is 12.3 Å². The van der Waals surface area contributed by atoms with Crippen LogP contribution in [-0.4, -0.2) is 40.8 Å². The van der Waals surface area contributed by atoms with Crippen molar-refractivity contribution in [1.82, 2.24) is 15.2 Å². The Morgan fingerprint density at radius 1 is 1.24 bits per heavy atom. The first-order chi connectivity index (χ1) is 17.8. The van der Waals surface area contributed by atoms with Gasteiger partial charge in [-0.05, 0) is 57.7 Å². The quantitative estimate of drug-likeness (QED) is 0.324. The summed E-state index contributed by atoms with van der Waals surface area (Å²) < 4.78 is 31.7. The van der Waals surface area contributed by atoms with Gasteiger partial charge in [0.15, 0.2) is 11.5 Å². The smallest absolute Gasteiger partial charge is 0.230 e. The van der Waals surface area contributed by atoms with Gasteiger partial charge in [0.1, 0.15) is 24.0 Å². The first-order valence-corrected chi connectivity index (χ1v) is 12.0. The van der Waals surface area contributed by atoms with Gasteiger partial charge in [-0.3, -0.25) is 5.41 Å². The van der Waals surface area contributed by atoms with Crippen LogP contribution in [-0.2, 0) is 4.74 Å². The van der Waals surface area contributed by atoms with E-state index in [1.54, 1.807) is 31.5 Å². The summed E-state index contributed by atoms with van der Waals surface area (Å²) in [6.07, 6.45) is 5.14. The van der Waals surface area contributed by atoms with Crippen molar-refractivity contribution in [3.05, 3.63) is 70.1 Å². The predicted octanol–water partition coefficient (Wildman–Crippen LogP) is 5.00. The van der Waals surface area contributed by atoms with Crippen LogP contribution in [0.4, 0.5) is 10.1 Å². The van der Waals surface area contributed by atoms with Gasteiger partial charge in [-0.15, -0.1) is 0 Å². The number of rotatable bonds is 8. The zero-order valence-corrected chi connectivity index (χ0v) is 21.3. The van der Waals surface area contributed by atoms with E-state index in [2.05, 4.69) is 20.5 Å². The number of anilines is 1. The summed E-state index contributed by atoms with van der Waals surface area (Å²) in [6.45, 7) is 6.37. The number of aromatic nitrogens is 3. The van der Waals surface area contributed by atoms with E-state index in [0.717, 1.165) is 36.1 Å². The molecule has 0 aliphatic carbocycles. The van der Waals surface area contributed by atoms with Crippen molar-refractivity contribution >= 4 is 11.4 Å². The van der Waals surface area contributed by atoms with Crippen molar-refractivity contribution in [3.8, 4) is 17.6 Å². The van der Waals surface area contributed by atoms with Gasteiger partial charge in [0.25, 0.3) is 0 Å². The molecule has 1 saturated heterocycles. The molecule has 1 aliphatic rings. The SMILES string of the molecule is COc1cc(NC2CCCCO2)c(C(=N)c2cnc(F)c(C#N)c2)cc1O[C@H](C)c1c(C)cnnc1C. The first-order valence-electron chi connectivity index (χ1n) is 12.0. The Morgan fingerprint density at radius 3 is 2.73 bits per heavy atom. The van der Waals surface area contributed by atoms with E-state index in [9.17, 15) is 9.65 Å². The fraction of sp³-hybridized carbons (Fsp3) is 0.370. The molecule has 1 aliphatic heterocycles. The highest BCUT2D eigenvalue weighted by Gasteiger charge is 2.23. The van der Waals surface area contributed by atoms with Gasteiger partial charge in [-0.25, -0.2) is 4.98 Å². The van der Waals surface area contributed by atoms with Crippen LogP contribution >= 0.6 is 0 Å². The summed E-state index contributed by atoms with van der Waals surface area (Å²) >= 11 is 0. The summed E-state index contributed by atoms with van der Waals surface area (Å²) in [4.78, 5) is 3.66. The molecule has 1 fully saturated rings. The van der Waals surface area contributed by atoms with Gasteiger partial charge < -0.3 is 19.5 Å². The molecule has 0 spiro atoms. The average molecular weight is 505 g/mol. The van der Waals surface area contributed by atoms with Crippen LogP contribution in [0.15, 0.2) is 30.6 Å². The number of hydrogen-bond acceptors (Lipinski definition) is 9. The topological polar surface area (TPSA) is 126 Å². The predicted molar refractivity (Wildman–Crippen MR) is 136 cm³/mol. The minimum atomic E-state index is -0.878. The number of nitrogens with zero attached hydrogens (tertiary/aromatic N) is 4. The van der Waals surface area contributed by atoms with Crippen molar-refractivity contribution in [3.63, 3.8) is 0 Å². The van der Waals surface area contributed by atoms with Crippen molar-refractivity contribution < 1.29 is 18.6 Å². The molecule has 2 atom stereocenters. The number of benzene rings is 1. The highest BCUT2D eigenvalue weighted by atomic mass is 19.1. The minimum absolute atomic E-state index is 0.0420. The van der Waals surface area contributed by atoms with Crippen molar-refractivity contribution in [2.24, 2.45) is 0 Å². The zero-order valence-electron chi connectivity index (χ0n) is 21.3. The fourth-order valence-electron chi connectivity index (χ4n) is 4.46. The first kappa shape index (κ1) is 26.0. The molecule has 10 heteroatoms. The average Bonchev–Trinajstić information content (AvgIpc) is 2.89. The van der Waals surface area contributed by atoms with Gasteiger partial charge in [0.2, 0.25) is 5.95 Å². The maximum atomic E-state index is 13.9. The summed E-state index contributed by atoms with van der Waals surface area (Å²) in [5.41, 5.74) is 3.77. The zero-order chi connectivity index (χ0) is 26.5. The monoisotopic (exact) mass is 504 g/mol. The number of nitriles is 1. The van der Waals surface area contributed by atoms with E-state index in [4.69, 9.17) is 19.6 Å². The molecular formula is C27H29FN6O3. The van der Waals surface area contributed by atoms with Crippen LogP contribution in [0.2, 0.25) is 0 Å². The Bertz CT molecular complexity index is 1330. The molecule has 0 bridgehead atoms. The number of pyridine rings is 1. The third kappa shape index (κ3) is 5.67. The molecule has 0 saturated carbocycles. The van der Waals surface area contributed by atoms with Gasteiger partial charge in [0.05, 0.1) is 24.7 Å². The van der Waals surface area contributed by atoms with Gasteiger partial charge in [-0.1, -0.05) is 0 Å². The molecule has 0 radical (unpaired) electrons. The Balaban J connectivity index is 1.77. The number of nitrogens with one attached hydrogen (secondary N) is 2. The Labute approximate surface area is 215 Å². The highest BCUT2D eigenvalue weighted by molar-refractivity contribution is 6.14. The van der Waals surface area contributed by atoms with E-state index >= 15 is 0 Å². The van der Waals surface area contributed by atoms with E-state index in [0.29, 0.717) is 34.9 Å². The maximum absolute atomic E-state index is 13.9.